The minimum absolute atomic E-state index is 0.00892. The maximum absolute atomic E-state index is 12.9. The van der Waals surface area contributed by atoms with Crippen molar-refractivity contribution in [3.8, 4) is 0 Å². The number of thiazole rings is 1. The minimum atomic E-state index is -3.31. The molecule has 1 aliphatic rings. The van der Waals surface area contributed by atoms with Gasteiger partial charge in [0.25, 0.3) is 0 Å². The SMILES string of the molecule is CS(=O)(=O)Nc1ccc(/C=C/C(=O)N2CCCCC2c2nc3ccccc3s2)cc1. The molecule has 0 aliphatic carbocycles. The van der Waals surface area contributed by atoms with Crippen molar-refractivity contribution < 1.29 is 13.2 Å². The second-order valence-corrected chi connectivity index (χ2v) is 10.2. The molecule has 1 unspecified atom stereocenters. The summed E-state index contributed by atoms with van der Waals surface area (Å²) in [5.41, 5.74) is 2.30. The van der Waals surface area contributed by atoms with Crippen molar-refractivity contribution in [1.29, 1.82) is 0 Å². The first kappa shape index (κ1) is 20.6. The zero-order valence-electron chi connectivity index (χ0n) is 16.6. The number of anilines is 1. The number of amides is 1. The van der Waals surface area contributed by atoms with Gasteiger partial charge in [-0.25, -0.2) is 13.4 Å². The number of para-hydroxylation sites is 1. The second kappa shape index (κ2) is 8.57. The molecule has 0 radical (unpaired) electrons. The Morgan fingerprint density at radius 3 is 2.67 bits per heavy atom. The summed E-state index contributed by atoms with van der Waals surface area (Å²) in [6.07, 6.45) is 7.46. The highest BCUT2D eigenvalue weighted by Gasteiger charge is 2.29. The van der Waals surface area contributed by atoms with Gasteiger partial charge in [-0.2, -0.15) is 0 Å². The number of aromatic nitrogens is 1. The third-order valence-electron chi connectivity index (χ3n) is 5.01. The van der Waals surface area contributed by atoms with E-state index in [0.717, 1.165) is 52.9 Å². The molecule has 30 heavy (non-hydrogen) atoms. The van der Waals surface area contributed by atoms with Crippen LogP contribution in [-0.4, -0.2) is 37.0 Å². The molecule has 4 rings (SSSR count). The number of nitrogens with zero attached hydrogens (tertiary/aromatic N) is 2. The molecule has 1 amide bonds. The topological polar surface area (TPSA) is 79.4 Å². The quantitative estimate of drug-likeness (QED) is 0.594. The van der Waals surface area contributed by atoms with Crippen LogP contribution >= 0.6 is 11.3 Å². The first-order valence-electron chi connectivity index (χ1n) is 9.81. The van der Waals surface area contributed by atoms with Crippen molar-refractivity contribution in [3.05, 3.63) is 65.2 Å². The maximum Gasteiger partial charge on any atom is 0.247 e. The highest BCUT2D eigenvalue weighted by atomic mass is 32.2. The van der Waals surface area contributed by atoms with Crippen molar-refractivity contribution in [1.82, 2.24) is 9.88 Å². The fourth-order valence-electron chi connectivity index (χ4n) is 3.62. The number of hydrogen-bond acceptors (Lipinski definition) is 5. The van der Waals surface area contributed by atoms with Crippen molar-refractivity contribution in [2.24, 2.45) is 0 Å². The molecule has 0 saturated carbocycles. The lowest BCUT2D eigenvalue weighted by Crippen LogP contribution is -2.37. The highest BCUT2D eigenvalue weighted by molar-refractivity contribution is 7.92. The van der Waals surface area contributed by atoms with Crippen LogP contribution in [0.15, 0.2) is 54.6 Å². The molecule has 0 spiro atoms. The molecule has 1 atom stereocenters. The Bertz CT molecular complexity index is 1150. The van der Waals surface area contributed by atoms with E-state index >= 15 is 0 Å². The number of hydrogen-bond donors (Lipinski definition) is 1. The van der Waals surface area contributed by atoms with Crippen LogP contribution in [0.4, 0.5) is 5.69 Å². The van der Waals surface area contributed by atoms with Crippen LogP contribution < -0.4 is 4.72 Å². The monoisotopic (exact) mass is 441 g/mol. The molecular formula is C22H23N3O3S2. The lowest BCUT2D eigenvalue weighted by molar-refractivity contribution is -0.129. The van der Waals surface area contributed by atoms with Crippen LogP contribution in [0.2, 0.25) is 0 Å². The van der Waals surface area contributed by atoms with Crippen LogP contribution in [0.3, 0.4) is 0 Å². The van der Waals surface area contributed by atoms with E-state index in [9.17, 15) is 13.2 Å². The van der Waals surface area contributed by atoms with Gasteiger partial charge < -0.3 is 4.90 Å². The number of piperidine rings is 1. The maximum atomic E-state index is 12.9. The van der Waals surface area contributed by atoms with Crippen molar-refractivity contribution in [2.45, 2.75) is 25.3 Å². The molecule has 0 bridgehead atoms. The summed E-state index contributed by atoms with van der Waals surface area (Å²) >= 11 is 1.66. The number of rotatable bonds is 5. The Labute approximate surface area is 180 Å². The lowest BCUT2D eigenvalue weighted by Gasteiger charge is -2.33. The number of carbonyl (C=O) groups is 1. The van der Waals surface area contributed by atoms with E-state index in [1.54, 1.807) is 47.8 Å². The van der Waals surface area contributed by atoms with Gasteiger partial charge in [0.05, 0.1) is 22.5 Å². The Balaban J connectivity index is 1.49. The van der Waals surface area contributed by atoms with Gasteiger partial charge in [-0.1, -0.05) is 24.3 Å². The van der Waals surface area contributed by atoms with E-state index in [2.05, 4.69) is 10.8 Å². The summed E-state index contributed by atoms with van der Waals surface area (Å²) < 4.78 is 26.2. The molecule has 156 valence electrons. The summed E-state index contributed by atoms with van der Waals surface area (Å²) in [7, 11) is -3.31. The largest absolute Gasteiger partial charge is 0.330 e. The summed E-state index contributed by atoms with van der Waals surface area (Å²) in [5.74, 6) is -0.0303. The lowest BCUT2D eigenvalue weighted by atomic mass is 10.0. The van der Waals surface area contributed by atoms with Gasteiger partial charge in [0.1, 0.15) is 5.01 Å². The molecule has 2 heterocycles. The van der Waals surface area contributed by atoms with Gasteiger partial charge in [0.2, 0.25) is 15.9 Å². The van der Waals surface area contributed by atoms with Gasteiger partial charge in [0.15, 0.2) is 0 Å². The van der Waals surface area contributed by atoms with E-state index in [-0.39, 0.29) is 11.9 Å². The predicted molar refractivity (Wildman–Crippen MR) is 122 cm³/mol. The van der Waals surface area contributed by atoms with E-state index < -0.39 is 10.0 Å². The molecule has 1 aromatic heterocycles. The molecule has 2 aromatic carbocycles. The van der Waals surface area contributed by atoms with Crippen molar-refractivity contribution in [2.75, 3.05) is 17.5 Å². The Hall–Kier alpha value is -2.71. The van der Waals surface area contributed by atoms with Crippen LogP contribution in [0, 0.1) is 0 Å². The first-order chi connectivity index (χ1) is 14.4. The summed E-state index contributed by atoms with van der Waals surface area (Å²) in [6.45, 7) is 0.723. The van der Waals surface area contributed by atoms with Crippen LogP contribution in [0.5, 0.6) is 0 Å². The minimum Gasteiger partial charge on any atom is -0.330 e. The predicted octanol–water partition coefficient (Wildman–Crippen LogP) is 4.43. The molecule has 1 aliphatic heterocycles. The third-order valence-corrected chi connectivity index (χ3v) is 6.76. The number of carbonyl (C=O) groups excluding carboxylic acids is 1. The van der Waals surface area contributed by atoms with Crippen LogP contribution in [-0.2, 0) is 14.8 Å². The van der Waals surface area contributed by atoms with Gasteiger partial charge in [-0.15, -0.1) is 11.3 Å². The van der Waals surface area contributed by atoms with Gasteiger partial charge in [-0.3, -0.25) is 9.52 Å². The Morgan fingerprint density at radius 2 is 1.93 bits per heavy atom. The number of nitrogens with one attached hydrogen (secondary N) is 1. The molecule has 1 fully saturated rings. The fourth-order valence-corrected chi connectivity index (χ4v) is 5.30. The fraction of sp³-hybridized carbons (Fsp3) is 0.273. The van der Waals surface area contributed by atoms with E-state index in [0.29, 0.717) is 5.69 Å². The Morgan fingerprint density at radius 1 is 1.17 bits per heavy atom. The molecule has 6 nitrogen and oxygen atoms in total. The average Bonchev–Trinajstić information content (AvgIpc) is 3.16. The summed E-state index contributed by atoms with van der Waals surface area (Å²) in [5, 5.41) is 0.994. The van der Waals surface area contributed by atoms with Crippen LogP contribution in [0.1, 0.15) is 35.9 Å². The number of sulfonamides is 1. The van der Waals surface area contributed by atoms with Gasteiger partial charge in [0, 0.05) is 18.3 Å². The average molecular weight is 442 g/mol. The zero-order valence-corrected chi connectivity index (χ0v) is 18.2. The van der Waals surface area contributed by atoms with Crippen LogP contribution in [0.25, 0.3) is 16.3 Å². The smallest absolute Gasteiger partial charge is 0.247 e. The molecule has 1 N–H and O–H groups in total. The third kappa shape index (κ3) is 4.88. The molecule has 3 aromatic rings. The van der Waals surface area contributed by atoms with E-state index in [4.69, 9.17) is 4.98 Å². The van der Waals surface area contributed by atoms with Crippen molar-refractivity contribution >= 4 is 49.2 Å². The zero-order chi connectivity index (χ0) is 21.1. The first-order valence-corrected chi connectivity index (χ1v) is 12.5. The van der Waals surface area contributed by atoms with Gasteiger partial charge in [-0.05, 0) is 55.2 Å². The second-order valence-electron chi connectivity index (χ2n) is 7.39. The number of benzene rings is 2. The molecule has 8 heteroatoms. The molecular weight excluding hydrogens is 418 g/mol. The van der Waals surface area contributed by atoms with Gasteiger partial charge >= 0.3 is 0 Å². The summed E-state index contributed by atoms with van der Waals surface area (Å²) in [6, 6.07) is 15.0. The number of fused-ring (bicyclic) bond motifs is 1. The standard InChI is InChI=1S/C22H23N3O3S2/c1-30(27,28)24-17-12-9-16(10-13-17)11-14-21(26)25-15-5-4-7-19(25)22-23-18-6-2-3-8-20(18)29-22/h2-3,6,8-14,19,24H,4-5,7,15H2,1H3/b14-11+. The van der Waals surface area contributed by atoms with E-state index in [1.807, 2.05) is 23.1 Å². The summed E-state index contributed by atoms with van der Waals surface area (Å²) in [4.78, 5) is 19.6. The normalized spacial score (nSPS) is 17.5. The highest BCUT2D eigenvalue weighted by Crippen LogP contribution is 2.35. The van der Waals surface area contributed by atoms with E-state index in [1.165, 1.54) is 0 Å². The van der Waals surface area contributed by atoms with Crippen molar-refractivity contribution in [3.63, 3.8) is 0 Å². The Kier molecular flexibility index (Phi) is 5.87. The molecule has 1 saturated heterocycles. The number of likely N-dealkylation sites (tertiary alicyclic amines) is 1.